The van der Waals surface area contributed by atoms with Gasteiger partial charge >= 0.3 is 0 Å². The third-order valence-corrected chi connectivity index (χ3v) is 6.17. The molecular formula is C23H29N3O. The number of benzene rings is 2. The predicted molar refractivity (Wildman–Crippen MR) is 109 cm³/mol. The Labute approximate surface area is 162 Å². The molecule has 2 heterocycles. The highest BCUT2D eigenvalue weighted by molar-refractivity contribution is 5.74. The Bertz CT molecular complexity index is 724. The second kappa shape index (κ2) is 7.83. The molecule has 0 radical (unpaired) electrons. The van der Waals surface area contributed by atoms with Gasteiger partial charge in [0.2, 0.25) is 5.91 Å². The number of hydrogen-bond donors (Lipinski definition) is 2. The Morgan fingerprint density at radius 1 is 1.15 bits per heavy atom. The summed E-state index contributed by atoms with van der Waals surface area (Å²) in [6, 6.07) is 21.6. The number of carbonyl (C=O) groups is 1. The molecule has 2 aliphatic rings. The standard InChI is InChI=1S/C23H29N3O/c1-18(27)25-23-12-13-24-14-21(23)15-26(17-23)16-22(19-8-4-2-5-9-19)20-10-6-3-7-11-20/h2-11,21-22,24H,12-17H2,1H3,(H,25,27)/t21-,23-/m1/s1. The molecule has 2 N–H and O–H groups in total. The summed E-state index contributed by atoms with van der Waals surface area (Å²) in [4.78, 5) is 14.4. The molecule has 4 nitrogen and oxygen atoms in total. The van der Waals surface area contributed by atoms with Gasteiger partial charge in [-0.3, -0.25) is 9.69 Å². The molecule has 4 rings (SSSR count). The molecule has 0 saturated carbocycles. The number of hydrogen-bond acceptors (Lipinski definition) is 3. The van der Waals surface area contributed by atoms with Crippen molar-refractivity contribution in [2.75, 3.05) is 32.7 Å². The highest BCUT2D eigenvalue weighted by atomic mass is 16.1. The van der Waals surface area contributed by atoms with Crippen LogP contribution in [0.15, 0.2) is 60.7 Å². The van der Waals surface area contributed by atoms with E-state index in [0.29, 0.717) is 11.8 Å². The van der Waals surface area contributed by atoms with Gasteiger partial charge in [0.1, 0.15) is 0 Å². The summed E-state index contributed by atoms with van der Waals surface area (Å²) in [7, 11) is 0. The SMILES string of the molecule is CC(=O)N[C@@]12CCNC[C@@H]1CN(CC(c1ccccc1)c1ccccc1)C2. The van der Waals surface area contributed by atoms with Crippen LogP contribution >= 0.6 is 0 Å². The first-order chi connectivity index (χ1) is 13.2. The maximum atomic E-state index is 11.9. The lowest BCUT2D eigenvalue weighted by atomic mass is 9.81. The maximum Gasteiger partial charge on any atom is 0.217 e. The van der Waals surface area contributed by atoms with E-state index in [0.717, 1.165) is 39.1 Å². The molecule has 2 aromatic rings. The minimum Gasteiger partial charge on any atom is -0.349 e. The zero-order chi connectivity index (χ0) is 18.7. The summed E-state index contributed by atoms with van der Waals surface area (Å²) >= 11 is 0. The Morgan fingerprint density at radius 2 is 1.78 bits per heavy atom. The van der Waals surface area contributed by atoms with Gasteiger partial charge in [0.25, 0.3) is 0 Å². The summed E-state index contributed by atoms with van der Waals surface area (Å²) in [6.07, 6.45) is 1.01. The van der Waals surface area contributed by atoms with Gasteiger partial charge in [0.15, 0.2) is 0 Å². The van der Waals surface area contributed by atoms with Gasteiger partial charge in [-0.1, -0.05) is 60.7 Å². The molecular weight excluding hydrogens is 334 g/mol. The van der Waals surface area contributed by atoms with Crippen LogP contribution in [0, 0.1) is 5.92 Å². The van der Waals surface area contributed by atoms with Crippen LogP contribution in [0.2, 0.25) is 0 Å². The molecule has 0 aliphatic carbocycles. The first kappa shape index (κ1) is 18.2. The third-order valence-electron chi connectivity index (χ3n) is 6.17. The fourth-order valence-corrected chi connectivity index (χ4v) is 4.94. The largest absolute Gasteiger partial charge is 0.349 e. The minimum absolute atomic E-state index is 0.0744. The Balaban J connectivity index is 1.58. The van der Waals surface area contributed by atoms with Crippen molar-refractivity contribution in [2.45, 2.75) is 24.8 Å². The van der Waals surface area contributed by atoms with E-state index in [2.05, 4.69) is 76.2 Å². The first-order valence-electron chi connectivity index (χ1n) is 9.98. The third kappa shape index (κ3) is 3.92. The zero-order valence-corrected chi connectivity index (χ0v) is 16.0. The minimum atomic E-state index is -0.0744. The smallest absolute Gasteiger partial charge is 0.217 e. The van der Waals surface area contributed by atoms with Gasteiger partial charge in [0, 0.05) is 44.9 Å². The van der Waals surface area contributed by atoms with Crippen molar-refractivity contribution in [3.8, 4) is 0 Å². The summed E-state index contributed by atoms with van der Waals surface area (Å²) in [5.41, 5.74) is 2.63. The molecule has 2 fully saturated rings. The van der Waals surface area contributed by atoms with E-state index in [9.17, 15) is 4.79 Å². The molecule has 2 aromatic carbocycles. The second-order valence-electron chi connectivity index (χ2n) is 8.06. The van der Waals surface area contributed by atoms with E-state index in [1.165, 1.54) is 11.1 Å². The summed E-state index contributed by atoms with van der Waals surface area (Å²) in [5, 5.41) is 6.83. The van der Waals surface area contributed by atoms with Crippen molar-refractivity contribution in [3.63, 3.8) is 0 Å². The lowest BCUT2D eigenvalue weighted by Crippen LogP contribution is -2.60. The molecule has 0 spiro atoms. The van der Waals surface area contributed by atoms with Gasteiger partial charge in [-0.15, -0.1) is 0 Å². The summed E-state index contributed by atoms with van der Waals surface area (Å²) in [5.74, 6) is 0.906. The van der Waals surface area contributed by atoms with E-state index in [1.807, 2.05) is 0 Å². The Morgan fingerprint density at radius 3 is 2.37 bits per heavy atom. The van der Waals surface area contributed by atoms with Crippen molar-refractivity contribution in [1.29, 1.82) is 0 Å². The van der Waals surface area contributed by atoms with Crippen LogP contribution in [-0.2, 0) is 4.79 Å². The van der Waals surface area contributed by atoms with Gasteiger partial charge in [-0.2, -0.15) is 0 Å². The van der Waals surface area contributed by atoms with Crippen LogP contribution in [0.5, 0.6) is 0 Å². The van der Waals surface area contributed by atoms with E-state index in [1.54, 1.807) is 6.92 Å². The molecule has 1 amide bonds. The number of fused-ring (bicyclic) bond motifs is 1. The van der Waals surface area contributed by atoms with E-state index >= 15 is 0 Å². The average Bonchev–Trinajstić information content (AvgIpc) is 3.04. The Hall–Kier alpha value is -2.17. The number of piperidine rings is 1. The molecule has 2 aliphatic heterocycles. The van der Waals surface area contributed by atoms with E-state index in [-0.39, 0.29) is 11.4 Å². The Kier molecular flexibility index (Phi) is 5.28. The lowest BCUT2D eigenvalue weighted by Gasteiger charge is -2.39. The fraction of sp³-hybridized carbons (Fsp3) is 0.435. The number of nitrogens with one attached hydrogen (secondary N) is 2. The molecule has 2 atom stereocenters. The number of amides is 1. The van der Waals surface area contributed by atoms with Crippen molar-refractivity contribution in [1.82, 2.24) is 15.5 Å². The van der Waals surface area contributed by atoms with Crippen LogP contribution in [0.1, 0.15) is 30.4 Å². The summed E-state index contributed by atoms with van der Waals surface area (Å²) in [6.45, 7) is 6.56. The molecule has 4 heteroatoms. The van der Waals surface area contributed by atoms with Gasteiger partial charge in [-0.05, 0) is 24.1 Å². The molecule has 2 saturated heterocycles. The number of rotatable bonds is 5. The molecule has 142 valence electrons. The van der Waals surface area contributed by atoms with Crippen molar-refractivity contribution >= 4 is 5.91 Å². The molecule has 27 heavy (non-hydrogen) atoms. The fourth-order valence-electron chi connectivity index (χ4n) is 4.94. The van der Waals surface area contributed by atoms with Crippen LogP contribution in [0.4, 0.5) is 0 Å². The number of carbonyl (C=O) groups excluding carboxylic acids is 1. The van der Waals surface area contributed by atoms with Gasteiger partial charge in [0.05, 0.1) is 5.54 Å². The second-order valence-corrected chi connectivity index (χ2v) is 8.06. The van der Waals surface area contributed by atoms with Crippen molar-refractivity contribution in [3.05, 3.63) is 71.8 Å². The summed E-state index contributed by atoms with van der Waals surface area (Å²) < 4.78 is 0. The van der Waals surface area contributed by atoms with Crippen LogP contribution in [0.3, 0.4) is 0 Å². The van der Waals surface area contributed by atoms with Gasteiger partial charge in [-0.25, -0.2) is 0 Å². The highest BCUT2D eigenvalue weighted by Gasteiger charge is 2.48. The van der Waals surface area contributed by atoms with E-state index < -0.39 is 0 Å². The predicted octanol–water partition coefficient (Wildman–Crippen LogP) is 2.62. The molecule has 0 aromatic heterocycles. The topological polar surface area (TPSA) is 44.4 Å². The van der Waals surface area contributed by atoms with Crippen molar-refractivity contribution in [2.24, 2.45) is 5.92 Å². The first-order valence-corrected chi connectivity index (χ1v) is 9.98. The lowest BCUT2D eigenvalue weighted by molar-refractivity contribution is -0.121. The quantitative estimate of drug-likeness (QED) is 0.858. The van der Waals surface area contributed by atoms with Gasteiger partial charge < -0.3 is 10.6 Å². The van der Waals surface area contributed by atoms with Crippen LogP contribution in [-0.4, -0.2) is 49.1 Å². The van der Waals surface area contributed by atoms with Crippen molar-refractivity contribution < 1.29 is 4.79 Å². The normalized spacial score (nSPS) is 25.3. The zero-order valence-electron chi connectivity index (χ0n) is 16.0. The van der Waals surface area contributed by atoms with Crippen LogP contribution in [0.25, 0.3) is 0 Å². The number of likely N-dealkylation sites (tertiary alicyclic amines) is 1. The monoisotopic (exact) mass is 363 g/mol. The maximum absolute atomic E-state index is 11.9. The molecule has 0 bridgehead atoms. The number of nitrogens with zero attached hydrogens (tertiary/aromatic N) is 1. The van der Waals surface area contributed by atoms with E-state index in [4.69, 9.17) is 0 Å². The van der Waals surface area contributed by atoms with Crippen LogP contribution < -0.4 is 10.6 Å². The average molecular weight is 364 g/mol. The highest BCUT2D eigenvalue weighted by Crippen LogP contribution is 2.35. The molecule has 0 unspecified atom stereocenters.